The molecule has 1 fully saturated rings. The summed E-state index contributed by atoms with van der Waals surface area (Å²) in [5.41, 5.74) is 6.79. The Balaban J connectivity index is 2.27. The topological polar surface area (TPSA) is 61.0 Å². The van der Waals surface area contributed by atoms with Crippen molar-refractivity contribution in [3.05, 3.63) is 15.1 Å². The summed E-state index contributed by atoms with van der Waals surface area (Å²) in [4.78, 5) is 8.82. The molecule has 1 aromatic rings. The molecule has 1 aliphatic heterocycles. The lowest BCUT2D eigenvalue weighted by Crippen LogP contribution is -2.19. The summed E-state index contributed by atoms with van der Waals surface area (Å²) in [6, 6.07) is 0. The number of rotatable bonds is 1. The molecule has 1 atom stereocenters. The number of nitrogen functional groups attached to an aromatic ring is 1. The van der Waals surface area contributed by atoms with Crippen LogP contribution >= 0.6 is 22.6 Å². The number of nitrogens with zero attached hydrogens (tertiary/aromatic N) is 2. The number of hydrogen-bond acceptors (Lipinski definition) is 4. The zero-order chi connectivity index (χ0) is 10.8. The maximum Gasteiger partial charge on any atom is 0.140 e. The van der Waals surface area contributed by atoms with Crippen molar-refractivity contribution in [1.29, 1.82) is 0 Å². The molecular weight excluding hydrogens is 305 g/mol. The van der Waals surface area contributed by atoms with Crippen molar-refractivity contribution in [2.24, 2.45) is 0 Å². The lowest BCUT2D eigenvalue weighted by molar-refractivity contribution is 0.0780. The first kappa shape index (κ1) is 11.1. The van der Waals surface area contributed by atoms with Gasteiger partial charge in [0.25, 0.3) is 0 Å². The third-order valence-corrected chi connectivity index (χ3v) is 3.92. The summed E-state index contributed by atoms with van der Waals surface area (Å²) >= 11 is 2.18. The lowest BCUT2D eigenvalue weighted by atomic mass is 10.0. The molecule has 0 radical (unpaired) electrons. The van der Waals surface area contributed by atoms with Gasteiger partial charge in [-0.25, -0.2) is 9.97 Å². The fourth-order valence-electron chi connectivity index (χ4n) is 1.73. The van der Waals surface area contributed by atoms with Gasteiger partial charge in [0.15, 0.2) is 0 Å². The van der Waals surface area contributed by atoms with Crippen LogP contribution in [-0.4, -0.2) is 23.2 Å². The summed E-state index contributed by atoms with van der Waals surface area (Å²) in [7, 11) is 0. The van der Waals surface area contributed by atoms with E-state index in [0.717, 1.165) is 41.1 Å². The number of aromatic nitrogens is 2. The van der Waals surface area contributed by atoms with E-state index in [9.17, 15) is 0 Å². The van der Waals surface area contributed by atoms with Crippen LogP contribution in [0.25, 0.3) is 0 Å². The predicted molar refractivity (Wildman–Crippen MR) is 66.7 cm³/mol. The molecule has 4 nitrogen and oxygen atoms in total. The summed E-state index contributed by atoms with van der Waals surface area (Å²) in [6.07, 6.45) is 2.18. The van der Waals surface area contributed by atoms with Crippen molar-refractivity contribution in [1.82, 2.24) is 9.97 Å². The first-order valence-electron chi connectivity index (χ1n) is 5.05. The van der Waals surface area contributed by atoms with E-state index in [1.165, 1.54) is 0 Å². The maximum atomic E-state index is 5.83. The van der Waals surface area contributed by atoms with Crippen LogP contribution in [0.5, 0.6) is 0 Å². The Hall–Kier alpha value is -0.430. The van der Waals surface area contributed by atoms with E-state index >= 15 is 0 Å². The Morgan fingerprint density at radius 2 is 2.27 bits per heavy atom. The molecule has 0 amide bonds. The van der Waals surface area contributed by atoms with Gasteiger partial charge in [-0.05, 0) is 42.4 Å². The van der Waals surface area contributed by atoms with Gasteiger partial charge in [0.05, 0.1) is 15.9 Å². The highest BCUT2D eigenvalue weighted by Gasteiger charge is 2.20. The number of nitrogens with two attached hydrogens (primary N) is 1. The lowest BCUT2D eigenvalue weighted by Gasteiger charge is -2.21. The Labute approximate surface area is 103 Å². The van der Waals surface area contributed by atoms with Crippen LogP contribution in [0.3, 0.4) is 0 Å². The second-order valence-electron chi connectivity index (χ2n) is 3.78. The average Bonchev–Trinajstić information content (AvgIpc) is 2.26. The van der Waals surface area contributed by atoms with Crippen LogP contribution < -0.4 is 5.73 Å². The molecule has 82 valence electrons. The molecule has 0 bridgehead atoms. The maximum absolute atomic E-state index is 5.83. The highest BCUT2D eigenvalue weighted by Crippen LogP contribution is 2.25. The zero-order valence-electron chi connectivity index (χ0n) is 8.66. The van der Waals surface area contributed by atoms with Crippen LogP contribution in [0.2, 0.25) is 0 Å². The highest BCUT2D eigenvalue weighted by atomic mass is 127. The summed E-state index contributed by atoms with van der Waals surface area (Å²) in [6.45, 7) is 3.54. The van der Waals surface area contributed by atoms with Crippen LogP contribution in [-0.2, 0) is 4.74 Å². The van der Waals surface area contributed by atoms with Gasteiger partial charge in [-0.2, -0.15) is 0 Å². The Morgan fingerprint density at radius 1 is 1.47 bits per heavy atom. The van der Waals surface area contributed by atoms with Crippen molar-refractivity contribution >= 4 is 28.4 Å². The minimum atomic E-state index is 0.316. The van der Waals surface area contributed by atoms with Crippen molar-refractivity contribution in [2.75, 3.05) is 18.9 Å². The molecule has 2 heterocycles. The van der Waals surface area contributed by atoms with Crippen LogP contribution in [0.4, 0.5) is 5.82 Å². The SMILES string of the molecule is Cc1nc(C2CCCOC2)nc(N)c1I. The number of hydrogen-bond donors (Lipinski definition) is 1. The van der Waals surface area contributed by atoms with Crippen LogP contribution in [0.15, 0.2) is 0 Å². The molecule has 15 heavy (non-hydrogen) atoms. The van der Waals surface area contributed by atoms with Crippen molar-refractivity contribution in [3.8, 4) is 0 Å². The fourth-order valence-corrected chi connectivity index (χ4v) is 1.97. The van der Waals surface area contributed by atoms with E-state index in [-0.39, 0.29) is 0 Å². The Morgan fingerprint density at radius 3 is 2.87 bits per heavy atom. The molecule has 1 aliphatic rings. The van der Waals surface area contributed by atoms with E-state index in [4.69, 9.17) is 10.5 Å². The monoisotopic (exact) mass is 319 g/mol. The Kier molecular flexibility index (Phi) is 3.40. The van der Waals surface area contributed by atoms with Gasteiger partial charge in [-0.3, -0.25) is 0 Å². The van der Waals surface area contributed by atoms with Gasteiger partial charge in [0, 0.05) is 12.5 Å². The summed E-state index contributed by atoms with van der Waals surface area (Å²) < 4.78 is 6.38. The number of aryl methyl sites for hydroxylation is 1. The largest absolute Gasteiger partial charge is 0.383 e. The van der Waals surface area contributed by atoms with E-state index in [0.29, 0.717) is 11.7 Å². The molecule has 1 unspecified atom stereocenters. The predicted octanol–water partition coefficient (Wildman–Crippen LogP) is 1.87. The first-order chi connectivity index (χ1) is 7.18. The van der Waals surface area contributed by atoms with E-state index in [2.05, 4.69) is 32.6 Å². The standard InChI is InChI=1S/C10H14IN3O/c1-6-8(11)9(12)14-10(13-6)7-3-2-4-15-5-7/h7H,2-5H2,1H3,(H2,12,13,14). The molecule has 0 aromatic carbocycles. The molecule has 2 N–H and O–H groups in total. The smallest absolute Gasteiger partial charge is 0.140 e. The van der Waals surface area contributed by atoms with Crippen LogP contribution in [0.1, 0.15) is 30.3 Å². The number of anilines is 1. The van der Waals surface area contributed by atoms with Gasteiger partial charge in [-0.1, -0.05) is 0 Å². The molecule has 0 aliphatic carbocycles. The molecule has 5 heteroatoms. The van der Waals surface area contributed by atoms with Gasteiger partial charge in [0.2, 0.25) is 0 Å². The van der Waals surface area contributed by atoms with Crippen LogP contribution in [0, 0.1) is 10.5 Å². The minimum Gasteiger partial charge on any atom is -0.383 e. The normalized spacial score (nSPS) is 21.6. The molecular formula is C10H14IN3O. The molecule has 1 aromatic heterocycles. The fraction of sp³-hybridized carbons (Fsp3) is 0.600. The second-order valence-corrected chi connectivity index (χ2v) is 4.86. The second kappa shape index (κ2) is 4.61. The van der Waals surface area contributed by atoms with Crippen molar-refractivity contribution in [3.63, 3.8) is 0 Å². The third kappa shape index (κ3) is 2.39. The number of ether oxygens (including phenoxy) is 1. The molecule has 2 rings (SSSR count). The molecule has 0 saturated carbocycles. The van der Waals surface area contributed by atoms with Gasteiger partial charge in [0.1, 0.15) is 11.6 Å². The first-order valence-corrected chi connectivity index (χ1v) is 6.13. The van der Waals surface area contributed by atoms with Crippen molar-refractivity contribution in [2.45, 2.75) is 25.7 Å². The highest BCUT2D eigenvalue weighted by molar-refractivity contribution is 14.1. The average molecular weight is 319 g/mol. The van der Waals surface area contributed by atoms with Gasteiger partial charge in [-0.15, -0.1) is 0 Å². The number of halogens is 1. The molecule has 0 spiro atoms. The third-order valence-electron chi connectivity index (χ3n) is 2.59. The van der Waals surface area contributed by atoms with Gasteiger partial charge < -0.3 is 10.5 Å². The van der Waals surface area contributed by atoms with E-state index in [1.54, 1.807) is 0 Å². The zero-order valence-corrected chi connectivity index (χ0v) is 10.8. The summed E-state index contributed by atoms with van der Waals surface area (Å²) in [5, 5.41) is 0. The van der Waals surface area contributed by atoms with E-state index in [1.807, 2.05) is 6.92 Å². The quantitative estimate of drug-likeness (QED) is 0.803. The van der Waals surface area contributed by atoms with Gasteiger partial charge >= 0.3 is 0 Å². The summed E-state index contributed by atoms with van der Waals surface area (Å²) in [5.74, 6) is 1.74. The molecule has 1 saturated heterocycles. The minimum absolute atomic E-state index is 0.316. The van der Waals surface area contributed by atoms with Crippen molar-refractivity contribution < 1.29 is 4.74 Å². The van der Waals surface area contributed by atoms with E-state index < -0.39 is 0 Å². The Bertz CT molecular complexity index is 341.